The number of nitrogens with one attached hydrogen (secondary N) is 2. The van der Waals surface area contributed by atoms with Crippen LogP contribution in [0.2, 0.25) is 0 Å². The molecule has 0 unspecified atom stereocenters. The van der Waals surface area contributed by atoms with Crippen molar-refractivity contribution in [2.75, 3.05) is 0 Å². The summed E-state index contributed by atoms with van der Waals surface area (Å²) in [6.45, 7) is 12.8. The Morgan fingerprint density at radius 3 is 2.11 bits per heavy atom. The molecule has 9 heteroatoms. The second-order valence-electron chi connectivity index (χ2n) is 2.55. The zero-order valence-electron chi connectivity index (χ0n) is 8.85. The molecular formula is C9H6N8O. The van der Waals surface area contributed by atoms with E-state index in [4.69, 9.17) is 35.1 Å². The largest absolute Gasteiger partial charge is 0.395 e. The van der Waals surface area contributed by atoms with E-state index < -0.39 is 5.69 Å². The van der Waals surface area contributed by atoms with Gasteiger partial charge in [-0.1, -0.05) is 6.57 Å². The van der Waals surface area contributed by atoms with Crippen LogP contribution in [0.3, 0.4) is 0 Å². The monoisotopic (exact) mass is 242 g/mol. The summed E-state index contributed by atoms with van der Waals surface area (Å²) >= 11 is 0. The summed E-state index contributed by atoms with van der Waals surface area (Å²) in [4.78, 5) is 20.4. The van der Waals surface area contributed by atoms with Gasteiger partial charge in [-0.15, -0.1) is 0 Å². The molecule has 0 aliphatic heterocycles. The van der Waals surface area contributed by atoms with Crippen LogP contribution < -0.4 is 17.2 Å². The molecule has 0 aromatic carbocycles. The van der Waals surface area contributed by atoms with Crippen molar-refractivity contribution >= 4 is 5.82 Å². The Kier molecular flexibility index (Phi) is 5.35. The number of rotatable bonds is 0. The second kappa shape index (κ2) is 6.73. The number of aromatic nitrogens is 2. The van der Waals surface area contributed by atoms with Gasteiger partial charge >= 0.3 is 5.69 Å². The molecule has 0 saturated carbocycles. The first kappa shape index (κ1) is 14.3. The van der Waals surface area contributed by atoms with Crippen molar-refractivity contribution in [3.63, 3.8) is 0 Å². The van der Waals surface area contributed by atoms with Crippen LogP contribution >= 0.6 is 0 Å². The van der Waals surface area contributed by atoms with Crippen molar-refractivity contribution in [1.29, 1.82) is 10.5 Å². The third kappa shape index (κ3) is 3.82. The summed E-state index contributed by atoms with van der Waals surface area (Å²) in [6.07, 6.45) is 0. The Balaban J connectivity index is 0.000000331. The zero-order chi connectivity index (χ0) is 14.1. The Bertz CT molecular complexity index is 624. The first-order chi connectivity index (χ1) is 8.49. The molecule has 88 valence electrons. The number of imidazole rings is 1. The summed E-state index contributed by atoms with van der Waals surface area (Å²) < 4.78 is 0. The van der Waals surface area contributed by atoms with Gasteiger partial charge in [0, 0.05) is 0 Å². The summed E-state index contributed by atoms with van der Waals surface area (Å²) in [5.74, 6) is -0.255. The van der Waals surface area contributed by atoms with Gasteiger partial charge in [0.25, 0.3) is 11.5 Å². The van der Waals surface area contributed by atoms with Crippen molar-refractivity contribution in [2.24, 2.45) is 11.5 Å². The third-order valence-corrected chi connectivity index (χ3v) is 1.42. The normalized spacial score (nSPS) is 7.33. The van der Waals surface area contributed by atoms with Gasteiger partial charge in [-0.2, -0.15) is 5.26 Å². The predicted octanol–water partition coefficient (Wildman–Crippen LogP) is -0.359. The summed E-state index contributed by atoms with van der Waals surface area (Å²) in [6, 6.07) is 3.19. The number of hydrogen-bond donors (Lipinski definition) is 4. The lowest BCUT2D eigenvalue weighted by Crippen LogP contribution is -2.09. The van der Waals surface area contributed by atoms with Crippen LogP contribution in [0.25, 0.3) is 9.69 Å². The fourth-order valence-electron chi connectivity index (χ4n) is 0.693. The van der Waals surface area contributed by atoms with Crippen molar-refractivity contribution in [3.8, 4) is 12.1 Å². The number of aromatic amines is 2. The van der Waals surface area contributed by atoms with Gasteiger partial charge in [0.05, 0.1) is 12.6 Å². The van der Waals surface area contributed by atoms with Gasteiger partial charge in [0.2, 0.25) is 0 Å². The van der Waals surface area contributed by atoms with E-state index in [1.807, 2.05) is 0 Å². The molecule has 1 aromatic rings. The standard InChI is InChI=1S/C5H2N4O.C4H4N4/c1-7-4-3(2-6)8-5(10)9-4;1-8-3(2-5)4(6)7/h(H2,8,9,10);6-7H2. The number of hydrogen-bond acceptors (Lipinski definition) is 5. The minimum absolute atomic E-state index is 0.0139. The molecule has 1 heterocycles. The van der Waals surface area contributed by atoms with Crippen LogP contribution in [-0.2, 0) is 0 Å². The molecule has 0 radical (unpaired) electrons. The average Bonchev–Trinajstić information content (AvgIpc) is 2.71. The van der Waals surface area contributed by atoms with Crippen molar-refractivity contribution in [2.45, 2.75) is 0 Å². The van der Waals surface area contributed by atoms with E-state index in [1.54, 1.807) is 6.07 Å². The highest BCUT2D eigenvalue weighted by Crippen LogP contribution is 2.07. The summed E-state index contributed by atoms with van der Waals surface area (Å²) in [5, 5.41) is 16.3. The fourth-order valence-corrected chi connectivity index (χ4v) is 0.693. The molecule has 18 heavy (non-hydrogen) atoms. The van der Waals surface area contributed by atoms with Crippen LogP contribution in [0.5, 0.6) is 0 Å². The molecule has 1 rings (SSSR count). The Morgan fingerprint density at radius 1 is 1.28 bits per heavy atom. The highest BCUT2D eigenvalue weighted by atomic mass is 16.1. The summed E-state index contributed by atoms with van der Waals surface area (Å²) in [5.41, 5.74) is 8.97. The van der Waals surface area contributed by atoms with E-state index in [0.29, 0.717) is 0 Å². The van der Waals surface area contributed by atoms with E-state index in [0.717, 1.165) is 0 Å². The highest BCUT2D eigenvalue weighted by molar-refractivity contribution is 5.47. The topological polar surface area (TPSA) is 157 Å². The first-order valence-corrected chi connectivity index (χ1v) is 4.12. The SMILES string of the molecule is [C-]#[N+]C(C#N)=C(N)N.[C-]#[N+]c1[nH]c(=O)[nH]c1C#N. The fraction of sp³-hybridized carbons (Fsp3) is 0. The Hall–Kier alpha value is -3.69. The van der Waals surface area contributed by atoms with E-state index in [2.05, 4.69) is 19.7 Å². The van der Waals surface area contributed by atoms with E-state index in [9.17, 15) is 4.79 Å². The van der Waals surface area contributed by atoms with Crippen LogP contribution in [0, 0.1) is 35.8 Å². The van der Waals surface area contributed by atoms with E-state index in [-0.39, 0.29) is 23.0 Å². The predicted molar refractivity (Wildman–Crippen MR) is 60.0 cm³/mol. The molecule has 0 bridgehead atoms. The molecule has 0 atom stereocenters. The number of nitriles is 2. The van der Waals surface area contributed by atoms with Crippen LogP contribution in [0.4, 0.5) is 5.82 Å². The first-order valence-electron chi connectivity index (χ1n) is 4.12. The minimum Gasteiger partial charge on any atom is -0.394 e. The van der Waals surface area contributed by atoms with Gasteiger partial charge in [-0.3, -0.25) is 9.97 Å². The van der Waals surface area contributed by atoms with E-state index >= 15 is 0 Å². The lowest BCUT2D eigenvalue weighted by molar-refractivity contribution is 1.18. The number of H-pyrrole nitrogens is 2. The molecule has 6 N–H and O–H groups in total. The maximum atomic E-state index is 10.4. The quantitative estimate of drug-likeness (QED) is 0.361. The van der Waals surface area contributed by atoms with Crippen molar-refractivity contribution < 1.29 is 0 Å². The third-order valence-electron chi connectivity index (χ3n) is 1.42. The Labute approximate surface area is 101 Å². The van der Waals surface area contributed by atoms with Gasteiger partial charge < -0.3 is 16.3 Å². The van der Waals surface area contributed by atoms with Gasteiger partial charge in [0.15, 0.2) is 0 Å². The smallest absolute Gasteiger partial charge is 0.394 e. The zero-order valence-corrected chi connectivity index (χ0v) is 8.85. The molecule has 0 aliphatic carbocycles. The van der Waals surface area contributed by atoms with Crippen LogP contribution in [0.15, 0.2) is 16.3 Å². The van der Waals surface area contributed by atoms with Gasteiger partial charge in [0.1, 0.15) is 17.6 Å². The van der Waals surface area contributed by atoms with Crippen LogP contribution in [-0.4, -0.2) is 9.97 Å². The molecule has 1 aromatic heterocycles. The maximum Gasteiger partial charge on any atom is 0.395 e. The number of allylic oxidation sites excluding steroid dienone is 1. The second-order valence-corrected chi connectivity index (χ2v) is 2.55. The molecule has 9 nitrogen and oxygen atoms in total. The lowest BCUT2D eigenvalue weighted by atomic mass is 10.5. The molecule has 0 saturated heterocycles. The van der Waals surface area contributed by atoms with Crippen molar-refractivity contribution in [1.82, 2.24) is 9.97 Å². The molecule has 0 spiro atoms. The highest BCUT2D eigenvalue weighted by Gasteiger charge is 2.03. The molecule has 0 fully saturated rings. The maximum absolute atomic E-state index is 10.4. The lowest BCUT2D eigenvalue weighted by Gasteiger charge is -1.84. The Morgan fingerprint density at radius 2 is 1.89 bits per heavy atom. The molecular weight excluding hydrogens is 236 g/mol. The van der Waals surface area contributed by atoms with E-state index in [1.165, 1.54) is 6.07 Å². The number of nitrogens with two attached hydrogens (primary N) is 2. The van der Waals surface area contributed by atoms with Gasteiger partial charge in [-0.05, 0) is 0 Å². The molecule has 0 aliphatic rings. The van der Waals surface area contributed by atoms with Crippen LogP contribution in [0.1, 0.15) is 5.69 Å². The summed E-state index contributed by atoms with van der Waals surface area (Å²) in [7, 11) is 0. The van der Waals surface area contributed by atoms with Gasteiger partial charge in [-0.25, -0.2) is 14.9 Å². The number of nitrogens with zero attached hydrogens (tertiary/aromatic N) is 4. The average molecular weight is 242 g/mol. The van der Waals surface area contributed by atoms with Crippen molar-refractivity contribution in [3.05, 3.63) is 50.5 Å². The minimum atomic E-state index is -0.525. The molecule has 0 amide bonds.